The number of rotatable bonds is 10. The maximum absolute atomic E-state index is 13.4. The number of para-hydroxylation sites is 1. The molecule has 2 aromatic carbocycles. The van der Waals surface area contributed by atoms with Gasteiger partial charge in [-0.3, -0.25) is 14.0 Å². The van der Waals surface area contributed by atoms with Gasteiger partial charge in [-0.1, -0.05) is 18.2 Å². The predicted molar refractivity (Wildman–Crippen MR) is 124 cm³/mol. The molecule has 1 N–H and O–H groups in total. The SMILES string of the molecule is COc1ccc(S(=O)(=O)N(CC(=O)NCCCN2CCOCC2)c2ccccc2)cc1C. The van der Waals surface area contributed by atoms with Gasteiger partial charge in [0.15, 0.2) is 0 Å². The number of methoxy groups -OCH3 is 1. The highest BCUT2D eigenvalue weighted by Crippen LogP contribution is 2.27. The lowest BCUT2D eigenvalue weighted by Crippen LogP contribution is -2.42. The predicted octanol–water partition coefficient (Wildman–Crippen LogP) is 2.04. The van der Waals surface area contributed by atoms with Crippen molar-refractivity contribution in [3.63, 3.8) is 0 Å². The number of nitrogens with one attached hydrogen (secondary N) is 1. The number of morpholine rings is 1. The zero-order valence-corrected chi connectivity index (χ0v) is 19.4. The largest absolute Gasteiger partial charge is 0.496 e. The molecule has 0 aliphatic carbocycles. The van der Waals surface area contributed by atoms with Crippen LogP contribution in [0.2, 0.25) is 0 Å². The summed E-state index contributed by atoms with van der Waals surface area (Å²) in [5.41, 5.74) is 1.14. The van der Waals surface area contributed by atoms with Crippen molar-refractivity contribution in [2.45, 2.75) is 18.2 Å². The summed E-state index contributed by atoms with van der Waals surface area (Å²) in [5, 5.41) is 2.85. The van der Waals surface area contributed by atoms with E-state index in [1.54, 1.807) is 49.4 Å². The summed E-state index contributed by atoms with van der Waals surface area (Å²) < 4.78 is 38.6. The molecule has 1 heterocycles. The molecule has 0 bridgehead atoms. The van der Waals surface area contributed by atoms with Crippen molar-refractivity contribution in [3.05, 3.63) is 54.1 Å². The van der Waals surface area contributed by atoms with E-state index in [0.29, 0.717) is 23.5 Å². The number of carbonyl (C=O) groups is 1. The van der Waals surface area contributed by atoms with E-state index >= 15 is 0 Å². The van der Waals surface area contributed by atoms with E-state index < -0.39 is 10.0 Å². The minimum absolute atomic E-state index is 0.111. The van der Waals surface area contributed by atoms with E-state index in [9.17, 15) is 13.2 Å². The van der Waals surface area contributed by atoms with Crippen LogP contribution in [0.3, 0.4) is 0 Å². The molecule has 3 rings (SSSR count). The molecule has 1 amide bonds. The van der Waals surface area contributed by atoms with Gasteiger partial charge < -0.3 is 14.8 Å². The second-order valence-electron chi connectivity index (χ2n) is 7.64. The molecule has 174 valence electrons. The first-order valence-corrected chi connectivity index (χ1v) is 12.1. The van der Waals surface area contributed by atoms with Gasteiger partial charge in [0.25, 0.3) is 10.0 Å². The van der Waals surface area contributed by atoms with Crippen molar-refractivity contribution in [2.75, 3.05) is 57.4 Å². The maximum atomic E-state index is 13.4. The lowest BCUT2D eigenvalue weighted by atomic mass is 10.2. The van der Waals surface area contributed by atoms with Crippen molar-refractivity contribution >= 4 is 21.6 Å². The van der Waals surface area contributed by atoms with Gasteiger partial charge in [-0.05, 0) is 55.8 Å². The smallest absolute Gasteiger partial charge is 0.264 e. The van der Waals surface area contributed by atoms with Gasteiger partial charge in [-0.15, -0.1) is 0 Å². The van der Waals surface area contributed by atoms with Crippen molar-refractivity contribution in [1.82, 2.24) is 10.2 Å². The number of ether oxygens (including phenoxy) is 2. The van der Waals surface area contributed by atoms with E-state index in [-0.39, 0.29) is 17.3 Å². The average molecular weight is 462 g/mol. The van der Waals surface area contributed by atoms with Gasteiger partial charge in [-0.25, -0.2) is 8.42 Å². The molecular formula is C23H31N3O5S. The van der Waals surface area contributed by atoms with Crippen LogP contribution in [-0.4, -0.2) is 72.3 Å². The number of amides is 1. The van der Waals surface area contributed by atoms with Crippen LogP contribution in [0.1, 0.15) is 12.0 Å². The van der Waals surface area contributed by atoms with Crippen molar-refractivity contribution in [2.24, 2.45) is 0 Å². The Labute approximate surface area is 190 Å². The molecular weight excluding hydrogens is 430 g/mol. The molecule has 1 fully saturated rings. The number of sulfonamides is 1. The van der Waals surface area contributed by atoms with Gasteiger partial charge in [0.2, 0.25) is 5.91 Å². The van der Waals surface area contributed by atoms with Gasteiger partial charge in [0.05, 0.1) is 30.9 Å². The van der Waals surface area contributed by atoms with Gasteiger partial charge in [0, 0.05) is 19.6 Å². The highest BCUT2D eigenvalue weighted by Gasteiger charge is 2.27. The van der Waals surface area contributed by atoms with Crippen LogP contribution in [0.25, 0.3) is 0 Å². The van der Waals surface area contributed by atoms with Crippen LogP contribution in [0.5, 0.6) is 5.75 Å². The minimum atomic E-state index is -3.95. The van der Waals surface area contributed by atoms with E-state index in [2.05, 4.69) is 10.2 Å². The fourth-order valence-electron chi connectivity index (χ4n) is 3.59. The van der Waals surface area contributed by atoms with Gasteiger partial charge in [0.1, 0.15) is 12.3 Å². The summed E-state index contributed by atoms with van der Waals surface area (Å²) in [6, 6.07) is 13.3. The molecule has 0 saturated carbocycles. The average Bonchev–Trinajstić information content (AvgIpc) is 2.81. The first-order valence-electron chi connectivity index (χ1n) is 10.7. The fourth-order valence-corrected chi connectivity index (χ4v) is 5.10. The van der Waals surface area contributed by atoms with Crippen LogP contribution in [0.4, 0.5) is 5.69 Å². The van der Waals surface area contributed by atoms with E-state index in [4.69, 9.17) is 9.47 Å². The summed E-state index contributed by atoms with van der Waals surface area (Å²) in [6.45, 7) is 6.11. The molecule has 0 aromatic heterocycles. The Hall–Kier alpha value is -2.62. The summed E-state index contributed by atoms with van der Waals surface area (Å²) >= 11 is 0. The lowest BCUT2D eigenvalue weighted by molar-refractivity contribution is -0.119. The van der Waals surface area contributed by atoms with E-state index in [0.717, 1.165) is 43.6 Å². The topological polar surface area (TPSA) is 88.2 Å². The number of hydrogen-bond donors (Lipinski definition) is 1. The van der Waals surface area contributed by atoms with Crippen LogP contribution in [0, 0.1) is 6.92 Å². The Morgan fingerprint density at radius 2 is 1.88 bits per heavy atom. The first kappa shape index (κ1) is 24.0. The van der Waals surface area contributed by atoms with Gasteiger partial charge >= 0.3 is 0 Å². The normalized spacial score (nSPS) is 14.7. The molecule has 1 aliphatic heterocycles. The Morgan fingerprint density at radius 3 is 2.53 bits per heavy atom. The number of anilines is 1. The quantitative estimate of drug-likeness (QED) is 0.545. The summed E-state index contributed by atoms with van der Waals surface area (Å²) in [4.78, 5) is 15.1. The Kier molecular flexibility index (Phi) is 8.49. The molecule has 9 heteroatoms. The van der Waals surface area contributed by atoms with E-state index in [1.807, 2.05) is 0 Å². The third-order valence-electron chi connectivity index (χ3n) is 5.36. The highest BCUT2D eigenvalue weighted by atomic mass is 32.2. The summed E-state index contributed by atoms with van der Waals surface area (Å²) in [6.07, 6.45) is 0.793. The molecule has 1 aliphatic rings. The standard InChI is InChI=1S/C23H31N3O5S/c1-19-17-21(9-10-22(19)30-2)32(28,29)26(20-7-4-3-5-8-20)18-23(27)24-11-6-12-25-13-15-31-16-14-25/h3-5,7-10,17H,6,11-16,18H2,1-2H3,(H,24,27). The maximum Gasteiger partial charge on any atom is 0.264 e. The fraction of sp³-hybridized carbons (Fsp3) is 0.435. The van der Waals surface area contributed by atoms with Crippen LogP contribution in [-0.2, 0) is 19.6 Å². The third kappa shape index (κ3) is 6.21. The van der Waals surface area contributed by atoms with Crippen molar-refractivity contribution < 1.29 is 22.7 Å². The third-order valence-corrected chi connectivity index (χ3v) is 7.13. The van der Waals surface area contributed by atoms with Crippen molar-refractivity contribution in [1.29, 1.82) is 0 Å². The zero-order valence-electron chi connectivity index (χ0n) is 18.6. The molecule has 8 nitrogen and oxygen atoms in total. The molecule has 2 aromatic rings. The minimum Gasteiger partial charge on any atom is -0.496 e. The summed E-state index contributed by atoms with van der Waals surface area (Å²) in [7, 11) is -2.41. The Morgan fingerprint density at radius 1 is 1.16 bits per heavy atom. The number of carbonyl (C=O) groups excluding carboxylic acids is 1. The van der Waals surface area contributed by atoms with Crippen LogP contribution < -0.4 is 14.4 Å². The highest BCUT2D eigenvalue weighted by molar-refractivity contribution is 7.92. The lowest BCUT2D eigenvalue weighted by Gasteiger charge is -2.26. The second-order valence-corrected chi connectivity index (χ2v) is 9.50. The van der Waals surface area contributed by atoms with Crippen molar-refractivity contribution in [3.8, 4) is 5.75 Å². The zero-order chi connectivity index (χ0) is 23.0. The second kappa shape index (κ2) is 11.3. The monoisotopic (exact) mass is 461 g/mol. The molecule has 32 heavy (non-hydrogen) atoms. The Bertz CT molecular complexity index is 992. The van der Waals surface area contributed by atoms with Gasteiger partial charge in [-0.2, -0.15) is 0 Å². The molecule has 0 atom stereocenters. The molecule has 0 spiro atoms. The van der Waals surface area contributed by atoms with E-state index in [1.165, 1.54) is 13.2 Å². The summed E-state index contributed by atoms with van der Waals surface area (Å²) in [5.74, 6) is 0.262. The van der Waals surface area contributed by atoms with Crippen LogP contribution >= 0.6 is 0 Å². The molecule has 0 unspecified atom stereocenters. The van der Waals surface area contributed by atoms with Crippen LogP contribution in [0.15, 0.2) is 53.4 Å². The molecule has 0 radical (unpaired) electrons. The number of aryl methyl sites for hydroxylation is 1. The molecule has 1 saturated heterocycles. The number of benzene rings is 2. The number of nitrogens with zero attached hydrogens (tertiary/aromatic N) is 2. The number of hydrogen-bond acceptors (Lipinski definition) is 6. The first-order chi connectivity index (χ1) is 15.4. The Balaban J connectivity index is 1.69.